The minimum Gasteiger partial charge on any atom is -0.486 e. The van der Waals surface area contributed by atoms with E-state index in [2.05, 4.69) is 4.90 Å². The number of carbonyl (C=O) groups excluding carboxylic acids is 1. The van der Waals surface area contributed by atoms with E-state index < -0.39 is 0 Å². The third-order valence-corrected chi connectivity index (χ3v) is 5.26. The Labute approximate surface area is 159 Å². The molecule has 26 heavy (non-hydrogen) atoms. The number of halogens is 1. The van der Waals surface area contributed by atoms with Crippen molar-refractivity contribution in [2.45, 2.75) is 12.8 Å². The number of piperidine rings is 1. The van der Waals surface area contributed by atoms with Crippen LogP contribution in [-0.4, -0.2) is 74.4 Å². The molecule has 0 aromatic heterocycles. The molecule has 0 radical (unpaired) electrons. The zero-order chi connectivity index (χ0) is 18.7. The summed E-state index contributed by atoms with van der Waals surface area (Å²) in [6.45, 7) is 3.34. The second-order valence-electron chi connectivity index (χ2n) is 7.48. The number of nitrogens with zero attached hydrogens (tertiary/aromatic N) is 2. The zero-order valence-corrected chi connectivity index (χ0v) is 16.2. The van der Waals surface area contributed by atoms with E-state index in [1.807, 2.05) is 19.0 Å². The third kappa shape index (κ3) is 4.61. The third-order valence-electron chi connectivity index (χ3n) is 4.91. The van der Waals surface area contributed by atoms with E-state index in [1.165, 1.54) is 0 Å². The van der Waals surface area contributed by atoms with Crippen LogP contribution in [0, 0.1) is 11.8 Å². The molecule has 1 fully saturated rings. The minimum atomic E-state index is 0.0329. The van der Waals surface area contributed by atoms with Gasteiger partial charge in [-0.15, -0.1) is 0 Å². The van der Waals surface area contributed by atoms with Crippen LogP contribution in [0.5, 0.6) is 11.5 Å². The van der Waals surface area contributed by atoms with Crippen molar-refractivity contribution in [3.05, 3.63) is 22.7 Å². The Hall–Kier alpha value is -1.50. The molecule has 6 nitrogen and oxygen atoms in total. The summed E-state index contributed by atoms with van der Waals surface area (Å²) in [5.74, 6) is 1.80. The van der Waals surface area contributed by atoms with Crippen LogP contribution in [0.15, 0.2) is 12.1 Å². The fourth-order valence-electron chi connectivity index (χ4n) is 3.82. The molecule has 2 unspecified atom stereocenters. The molecular weight excluding hydrogens is 356 g/mol. The maximum atomic E-state index is 12.9. The molecule has 2 aliphatic rings. The highest BCUT2D eigenvalue weighted by Gasteiger charge is 2.30. The lowest BCUT2D eigenvalue weighted by Gasteiger charge is -2.38. The van der Waals surface area contributed by atoms with Crippen LogP contribution in [0.1, 0.15) is 12.0 Å². The molecule has 1 saturated heterocycles. The predicted molar refractivity (Wildman–Crippen MR) is 100.0 cm³/mol. The molecule has 0 saturated carbocycles. The summed E-state index contributed by atoms with van der Waals surface area (Å²) in [4.78, 5) is 16.9. The van der Waals surface area contributed by atoms with Gasteiger partial charge >= 0.3 is 0 Å². The van der Waals surface area contributed by atoms with E-state index in [0.717, 1.165) is 25.1 Å². The summed E-state index contributed by atoms with van der Waals surface area (Å²) in [5.41, 5.74) is 0.746. The van der Waals surface area contributed by atoms with Gasteiger partial charge in [0.25, 0.3) is 0 Å². The summed E-state index contributed by atoms with van der Waals surface area (Å²) in [6.07, 6.45) is 1.17. The molecule has 3 rings (SSSR count). The van der Waals surface area contributed by atoms with Gasteiger partial charge in [-0.2, -0.15) is 0 Å². The number of hydrogen-bond donors (Lipinski definition) is 1. The van der Waals surface area contributed by atoms with Gasteiger partial charge in [0, 0.05) is 37.3 Å². The SMILES string of the molecule is CN(C)CC1CC(CO)CN(C(=O)Cc2cc3c(cc2Cl)OCCO3)C1. The molecule has 0 bridgehead atoms. The Bertz CT molecular complexity index is 653. The lowest BCUT2D eigenvalue weighted by Crippen LogP contribution is -2.47. The van der Waals surface area contributed by atoms with Gasteiger partial charge in [-0.25, -0.2) is 0 Å². The predicted octanol–water partition coefficient (Wildman–Crippen LogP) is 1.67. The van der Waals surface area contributed by atoms with Gasteiger partial charge in [0.1, 0.15) is 13.2 Å². The summed E-state index contributed by atoms with van der Waals surface area (Å²) >= 11 is 6.34. The number of likely N-dealkylation sites (tertiary alicyclic amines) is 1. The highest BCUT2D eigenvalue weighted by atomic mass is 35.5. The smallest absolute Gasteiger partial charge is 0.227 e. The lowest BCUT2D eigenvalue weighted by molar-refractivity contribution is -0.133. The average Bonchev–Trinajstić information content (AvgIpc) is 2.61. The van der Waals surface area contributed by atoms with Crippen LogP contribution in [-0.2, 0) is 11.2 Å². The fourth-order valence-corrected chi connectivity index (χ4v) is 4.04. The van der Waals surface area contributed by atoms with Crippen molar-refractivity contribution >= 4 is 17.5 Å². The van der Waals surface area contributed by atoms with E-state index in [0.29, 0.717) is 42.2 Å². The van der Waals surface area contributed by atoms with Crippen LogP contribution in [0.4, 0.5) is 0 Å². The van der Waals surface area contributed by atoms with E-state index in [9.17, 15) is 9.90 Å². The fraction of sp³-hybridized carbons (Fsp3) is 0.632. The molecule has 1 aromatic rings. The molecule has 7 heteroatoms. The van der Waals surface area contributed by atoms with Crippen molar-refractivity contribution in [3.8, 4) is 11.5 Å². The molecule has 144 valence electrons. The van der Waals surface area contributed by atoms with Crippen molar-refractivity contribution in [1.82, 2.24) is 9.80 Å². The molecule has 1 aromatic carbocycles. The summed E-state index contributed by atoms with van der Waals surface area (Å²) in [7, 11) is 4.06. The van der Waals surface area contributed by atoms with Gasteiger partial charge in [-0.3, -0.25) is 4.79 Å². The van der Waals surface area contributed by atoms with Gasteiger partial charge in [0.05, 0.1) is 6.42 Å². The van der Waals surface area contributed by atoms with Crippen molar-refractivity contribution in [1.29, 1.82) is 0 Å². The van der Waals surface area contributed by atoms with Crippen molar-refractivity contribution in [2.24, 2.45) is 11.8 Å². The molecule has 2 atom stereocenters. The van der Waals surface area contributed by atoms with Gasteiger partial charge in [0.2, 0.25) is 5.91 Å². The number of benzene rings is 1. The van der Waals surface area contributed by atoms with E-state index >= 15 is 0 Å². The number of aliphatic hydroxyl groups is 1. The molecule has 2 aliphatic heterocycles. The number of fused-ring (bicyclic) bond motifs is 1. The Balaban J connectivity index is 1.70. The monoisotopic (exact) mass is 382 g/mol. The Morgan fingerprint density at radius 2 is 1.88 bits per heavy atom. The summed E-state index contributed by atoms with van der Waals surface area (Å²) in [5, 5.41) is 10.1. The number of aliphatic hydroxyl groups excluding tert-OH is 1. The van der Waals surface area contributed by atoms with Gasteiger partial charge < -0.3 is 24.4 Å². The Morgan fingerprint density at radius 3 is 2.54 bits per heavy atom. The zero-order valence-electron chi connectivity index (χ0n) is 15.4. The van der Waals surface area contributed by atoms with Crippen LogP contribution < -0.4 is 9.47 Å². The maximum Gasteiger partial charge on any atom is 0.227 e. The van der Waals surface area contributed by atoms with E-state index in [1.54, 1.807) is 12.1 Å². The van der Waals surface area contributed by atoms with Crippen LogP contribution >= 0.6 is 11.6 Å². The number of carbonyl (C=O) groups is 1. The lowest BCUT2D eigenvalue weighted by atomic mass is 9.89. The molecule has 2 heterocycles. The first-order chi connectivity index (χ1) is 12.5. The van der Waals surface area contributed by atoms with E-state index in [-0.39, 0.29) is 24.9 Å². The topological polar surface area (TPSA) is 62.2 Å². The summed E-state index contributed by atoms with van der Waals surface area (Å²) < 4.78 is 11.1. The highest BCUT2D eigenvalue weighted by Crippen LogP contribution is 2.36. The van der Waals surface area contributed by atoms with Gasteiger partial charge in [-0.1, -0.05) is 11.6 Å². The van der Waals surface area contributed by atoms with Gasteiger partial charge in [0.15, 0.2) is 11.5 Å². The summed E-state index contributed by atoms with van der Waals surface area (Å²) in [6, 6.07) is 3.53. The number of amides is 1. The van der Waals surface area contributed by atoms with Crippen LogP contribution in [0.3, 0.4) is 0 Å². The first-order valence-corrected chi connectivity index (χ1v) is 9.45. The van der Waals surface area contributed by atoms with Crippen LogP contribution in [0.25, 0.3) is 0 Å². The minimum absolute atomic E-state index is 0.0329. The van der Waals surface area contributed by atoms with Crippen molar-refractivity contribution in [3.63, 3.8) is 0 Å². The Kier molecular flexibility index (Phi) is 6.27. The molecule has 1 amide bonds. The molecule has 1 N–H and O–H groups in total. The molecular formula is C19H27ClN2O4. The number of ether oxygens (including phenoxy) is 2. The molecule has 0 spiro atoms. The number of hydrogen-bond acceptors (Lipinski definition) is 5. The normalized spacial score (nSPS) is 22.6. The van der Waals surface area contributed by atoms with Crippen molar-refractivity contribution < 1.29 is 19.4 Å². The maximum absolute atomic E-state index is 12.9. The first-order valence-electron chi connectivity index (χ1n) is 9.07. The Morgan fingerprint density at radius 1 is 1.23 bits per heavy atom. The average molecular weight is 383 g/mol. The number of rotatable bonds is 5. The molecule has 0 aliphatic carbocycles. The van der Waals surface area contributed by atoms with Gasteiger partial charge in [-0.05, 0) is 44.0 Å². The van der Waals surface area contributed by atoms with Crippen LogP contribution in [0.2, 0.25) is 5.02 Å². The highest BCUT2D eigenvalue weighted by molar-refractivity contribution is 6.31. The quantitative estimate of drug-likeness (QED) is 0.839. The second kappa shape index (κ2) is 8.46. The second-order valence-corrected chi connectivity index (χ2v) is 7.88. The first kappa shape index (κ1) is 19.3. The van der Waals surface area contributed by atoms with Crippen molar-refractivity contribution in [2.75, 3.05) is 53.6 Å². The van der Waals surface area contributed by atoms with E-state index in [4.69, 9.17) is 21.1 Å². The largest absolute Gasteiger partial charge is 0.486 e. The standard InChI is InChI=1S/C19H27ClN2O4/c1-21(2)9-13-5-14(12-23)11-22(10-13)19(24)7-15-6-17-18(8-16(15)20)26-4-3-25-17/h6,8,13-14,23H,3-5,7,9-12H2,1-2H3.